The van der Waals surface area contributed by atoms with Gasteiger partial charge in [0.1, 0.15) is 6.04 Å². The maximum Gasteiger partial charge on any atom is 0.376 e. The van der Waals surface area contributed by atoms with Crippen LogP contribution in [0.25, 0.3) is 0 Å². The molecule has 0 aliphatic carbocycles. The summed E-state index contributed by atoms with van der Waals surface area (Å²) in [4.78, 5) is 38.0. The molecule has 1 aliphatic rings. The molecule has 130 valence electrons. The first-order valence-electron chi connectivity index (χ1n) is 7.77. The average molecular weight is 335 g/mol. The SMILES string of the molecule is CCOC(=O)C(=O)C1CCCN1C(=O)c1ccc(OC)c(OC)c1. The summed E-state index contributed by atoms with van der Waals surface area (Å²) in [5.74, 6) is -0.959. The molecule has 0 N–H and O–H groups in total. The largest absolute Gasteiger partial charge is 0.493 e. The van der Waals surface area contributed by atoms with Gasteiger partial charge in [-0.2, -0.15) is 0 Å². The highest BCUT2D eigenvalue weighted by molar-refractivity contribution is 6.36. The highest BCUT2D eigenvalue weighted by Gasteiger charge is 2.38. The Hall–Kier alpha value is -2.57. The third-order valence-electron chi connectivity index (χ3n) is 3.92. The second kappa shape index (κ2) is 7.81. The van der Waals surface area contributed by atoms with Crippen molar-refractivity contribution < 1.29 is 28.6 Å². The molecule has 1 heterocycles. The second-order valence-corrected chi connectivity index (χ2v) is 5.31. The van der Waals surface area contributed by atoms with Crippen molar-refractivity contribution in [1.82, 2.24) is 4.90 Å². The van der Waals surface area contributed by atoms with E-state index in [-0.39, 0.29) is 12.5 Å². The molecule has 2 rings (SSSR count). The minimum atomic E-state index is -0.894. The van der Waals surface area contributed by atoms with Crippen LogP contribution >= 0.6 is 0 Å². The summed E-state index contributed by atoms with van der Waals surface area (Å²) in [7, 11) is 2.99. The summed E-state index contributed by atoms with van der Waals surface area (Å²) < 4.78 is 15.1. The lowest BCUT2D eigenvalue weighted by atomic mass is 10.1. The van der Waals surface area contributed by atoms with Crippen LogP contribution in [0, 0.1) is 0 Å². The van der Waals surface area contributed by atoms with Crippen LogP contribution in [0.15, 0.2) is 18.2 Å². The molecule has 1 aromatic rings. The van der Waals surface area contributed by atoms with E-state index in [0.29, 0.717) is 36.4 Å². The first-order valence-corrected chi connectivity index (χ1v) is 7.77. The van der Waals surface area contributed by atoms with Crippen LogP contribution in [-0.2, 0) is 14.3 Å². The Labute approximate surface area is 140 Å². The molecule has 0 spiro atoms. The number of ether oxygens (including phenoxy) is 3. The Morgan fingerprint density at radius 1 is 1.17 bits per heavy atom. The van der Waals surface area contributed by atoms with Crippen LogP contribution in [-0.4, -0.2) is 56.0 Å². The summed E-state index contributed by atoms with van der Waals surface area (Å²) in [5.41, 5.74) is 0.371. The maximum absolute atomic E-state index is 12.7. The van der Waals surface area contributed by atoms with E-state index in [9.17, 15) is 14.4 Å². The predicted molar refractivity (Wildman–Crippen MR) is 85.2 cm³/mol. The number of Topliss-reactive ketones (excluding diaryl/α,β-unsaturated/α-hetero) is 1. The molecule has 1 unspecified atom stereocenters. The van der Waals surface area contributed by atoms with E-state index in [2.05, 4.69) is 0 Å². The summed E-state index contributed by atoms with van der Waals surface area (Å²) >= 11 is 0. The number of likely N-dealkylation sites (tertiary alicyclic amines) is 1. The normalized spacial score (nSPS) is 16.6. The van der Waals surface area contributed by atoms with Gasteiger partial charge in [0.25, 0.3) is 11.7 Å². The van der Waals surface area contributed by atoms with Crippen molar-refractivity contribution in [3.05, 3.63) is 23.8 Å². The molecular weight excluding hydrogens is 314 g/mol. The first-order chi connectivity index (χ1) is 11.5. The average Bonchev–Trinajstić information content (AvgIpc) is 3.09. The zero-order valence-electron chi connectivity index (χ0n) is 14.0. The lowest BCUT2D eigenvalue weighted by Gasteiger charge is -2.23. The standard InChI is InChI=1S/C17H21NO6/c1-4-24-17(21)15(19)12-6-5-9-18(12)16(20)11-7-8-13(22-2)14(10-11)23-3/h7-8,10,12H,4-6,9H2,1-3H3. The third kappa shape index (κ3) is 3.50. The molecule has 1 aliphatic heterocycles. The number of hydrogen-bond donors (Lipinski definition) is 0. The number of benzene rings is 1. The Kier molecular flexibility index (Phi) is 5.78. The van der Waals surface area contributed by atoms with Gasteiger partial charge in [-0.15, -0.1) is 0 Å². The monoisotopic (exact) mass is 335 g/mol. The molecule has 7 nitrogen and oxygen atoms in total. The van der Waals surface area contributed by atoms with Gasteiger partial charge in [0.2, 0.25) is 0 Å². The summed E-state index contributed by atoms with van der Waals surface area (Å²) in [6.07, 6.45) is 1.12. The number of esters is 1. The van der Waals surface area contributed by atoms with Crippen molar-refractivity contribution in [3.8, 4) is 11.5 Å². The number of ketones is 1. The fraction of sp³-hybridized carbons (Fsp3) is 0.471. The molecule has 7 heteroatoms. The van der Waals surface area contributed by atoms with Gasteiger partial charge >= 0.3 is 5.97 Å². The summed E-state index contributed by atoms with van der Waals surface area (Å²) in [5, 5.41) is 0. The van der Waals surface area contributed by atoms with Gasteiger partial charge in [0.15, 0.2) is 11.5 Å². The minimum Gasteiger partial charge on any atom is -0.493 e. The lowest BCUT2D eigenvalue weighted by molar-refractivity contribution is -0.155. The van der Waals surface area contributed by atoms with Crippen LogP contribution in [0.4, 0.5) is 0 Å². The number of rotatable bonds is 6. The molecule has 0 bridgehead atoms. The molecule has 1 fully saturated rings. The van der Waals surface area contributed by atoms with E-state index in [1.807, 2.05) is 0 Å². The molecule has 1 saturated heterocycles. The van der Waals surface area contributed by atoms with Crippen molar-refractivity contribution in [1.29, 1.82) is 0 Å². The smallest absolute Gasteiger partial charge is 0.376 e. The van der Waals surface area contributed by atoms with Crippen LogP contribution in [0.3, 0.4) is 0 Å². The Bertz CT molecular complexity index is 642. The molecule has 0 aromatic heterocycles. The Morgan fingerprint density at radius 3 is 2.50 bits per heavy atom. The van der Waals surface area contributed by atoms with Gasteiger partial charge in [-0.3, -0.25) is 9.59 Å². The number of hydrogen-bond acceptors (Lipinski definition) is 6. The Balaban J connectivity index is 2.22. The fourth-order valence-electron chi connectivity index (χ4n) is 2.76. The van der Waals surface area contributed by atoms with Gasteiger partial charge in [-0.1, -0.05) is 0 Å². The molecule has 24 heavy (non-hydrogen) atoms. The van der Waals surface area contributed by atoms with Gasteiger partial charge in [0, 0.05) is 12.1 Å². The topological polar surface area (TPSA) is 82.1 Å². The quantitative estimate of drug-likeness (QED) is 0.578. The van der Waals surface area contributed by atoms with Crippen molar-refractivity contribution in [2.24, 2.45) is 0 Å². The molecule has 0 saturated carbocycles. The van der Waals surface area contributed by atoms with Crippen molar-refractivity contribution in [2.75, 3.05) is 27.4 Å². The summed E-state index contributed by atoms with van der Waals surface area (Å²) in [6.45, 7) is 2.18. The van der Waals surface area contributed by atoms with E-state index < -0.39 is 17.8 Å². The number of carbonyl (C=O) groups is 3. The first kappa shape index (κ1) is 17.8. The van der Waals surface area contributed by atoms with Gasteiger partial charge in [-0.05, 0) is 38.0 Å². The van der Waals surface area contributed by atoms with E-state index in [1.54, 1.807) is 25.1 Å². The number of amides is 1. The van der Waals surface area contributed by atoms with E-state index in [4.69, 9.17) is 14.2 Å². The van der Waals surface area contributed by atoms with E-state index >= 15 is 0 Å². The summed E-state index contributed by atoms with van der Waals surface area (Å²) in [6, 6.07) is 4.02. The van der Waals surface area contributed by atoms with Crippen molar-refractivity contribution in [3.63, 3.8) is 0 Å². The lowest BCUT2D eigenvalue weighted by Crippen LogP contribution is -2.43. The number of nitrogens with zero attached hydrogens (tertiary/aromatic N) is 1. The molecular formula is C17H21NO6. The molecule has 1 aromatic carbocycles. The predicted octanol–water partition coefficient (Wildman–Crippen LogP) is 1.44. The highest BCUT2D eigenvalue weighted by Crippen LogP contribution is 2.29. The van der Waals surface area contributed by atoms with Gasteiger partial charge in [0.05, 0.1) is 20.8 Å². The Morgan fingerprint density at radius 2 is 1.88 bits per heavy atom. The second-order valence-electron chi connectivity index (χ2n) is 5.31. The van der Waals surface area contributed by atoms with Crippen LogP contribution in [0.2, 0.25) is 0 Å². The molecule has 1 amide bonds. The number of carbonyl (C=O) groups excluding carboxylic acids is 3. The molecule has 0 radical (unpaired) electrons. The fourth-order valence-corrected chi connectivity index (χ4v) is 2.76. The van der Waals surface area contributed by atoms with Crippen LogP contribution in [0.1, 0.15) is 30.1 Å². The van der Waals surface area contributed by atoms with Gasteiger partial charge < -0.3 is 19.1 Å². The van der Waals surface area contributed by atoms with Gasteiger partial charge in [-0.25, -0.2) is 4.79 Å². The zero-order valence-corrected chi connectivity index (χ0v) is 14.0. The molecule has 1 atom stereocenters. The van der Waals surface area contributed by atoms with Crippen LogP contribution < -0.4 is 9.47 Å². The number of methoxy groups -OCH3 is 2. The highest BCUT2D eigenvalue weighted by atomic mass is 16.5. The van der Waals surface area contributed by atoms with Crippen molar-refractivity contribution in [2.45, 2.75) is 25.8 Å². The maximum atomic E-state index is 12.7. The zero-order chi connectivity index (χ0) is 17.7. The van der Waals surface area contributed by atoms with Crippen molar-refractivity contribution >= 4 is 17.7 Å². The minimum absolute atomic E-state index is 0.126. The van der Waals surface area contributed by atoms with E-state index in [0.717, 1.165) is 0 Å². The van der Waals surface area contributed by atoms with E-state index in [1.165, 1.54) is 19.1 Å². The third-order valence-corrected chi connectivity index (χ3v) is 3.92. The van der Waals surface area contributed by atoms with Crippen LogP contribution in [0.5, 0.6) is 11.5 Å².